The Bertz CT molecular complexity index is 579. The minimum Gasteiger partial charge on any atom is -0.445 e. The Morgan fingerprint density at radius 1 is 1.21 bits per heavy atom. The van der Waals surface area contributed by atoms with Gasteiger partial charge in [-0.25, -0.2) is 9.97 Å². The molecule has 0 saturated carbocycles. The predicted octanol–water partition coefficient (Wildman–Crippen LogP) is 5.02. The van der Waals surface area contributed by atoms with Gasteiger partial charge in [0.05, 0.1) is 14.6 Å². The van der Waals surface area contributed by atoms with Crippen LogP contribution in [0.25, 0.3) is 11.6 Å². The van der Waals surface area contributed by atoms with E-state index in [1.54, 1.807) is 0 Å². The van der Waals surface area contributed by atoms with Gasteiger partial charge in [-0.1, -0.05) is 6.92 Å². The van der Waals surface area contributed by atoms with E-state index in [2.05, 4.69) is 70.0 Å². The predicted molar refractivity (Wildman–Crippen MR) is 86.4 cm³/mol. The molecule has 102 valence electrons. The van der Waals surface area contributed by atoms with Crippen LogP contribution in [0.5, 0.6) is 0 Å². The third-order valence-corrected chi connectivity index (χ3v) is 5.01. The Balaban J connectivity index is 2.54. The van der Waals surface area contributed by atoms with E-state index in [-0.39, 0.29) is 0 Å². The van der Waals surface area contributed by atoms with Crippen molar-refractivity contribution in [3.05, 3.63) is 25.4 Å². The highest BCUT2D eigenvalue weighted by atomic mass is 79.9. The zero-order chi connectivity index (χ0) is 14.0. The maximum absolute atomic E-state index is 5.57. The fourth-order valence-corrected chi connectivity index (χ4v) is 2.75. The topological polar surface area (TPSA) is 51.0 Å². The Hall–Kier alpha value is -0.400. The molecule has 0 bridgehead atoms. The number of hydrogen-bond donors (Lipinski definition) is 1. The third kappa shape index (κ3) is 3.20. The molecule has 0 atom stereocenters. The van der Waals surface area contributed by atoms with Gasteiger partial charge in [0, 0.05) is 12.6 Å². The molecule has 0 aliphatic heterocycles. The van der Waals surface area contributed by atoms with Crippen LogP contribution in [0.4, 0.5) is 5.82 Å². The summed E-state index contributed by atoms with van der Waals surface area (Å²) in [7, 11) is 0. The van der Waals surface area contributed by atoms with Gasteiger partial charge in [-0.15, -0.1) is 0 Å². The van der Waals surface area contributed by atoms with Gasteiger partial charge in [0.1, 0.15) is 5.82 Å². The van der Waals surface area contributed by atoms with Crippen LogP contribution in [-0.2, 0) is 6.42 Å². The number of hydrogen-bond acceptors (Lipinski definition) is 4. The smallest absolute Gasteiger partial charge is 0.198 e. The first-order chi connectivity index (χ1) is 9.06. The molecular weight excluding hydrogens is 442 g/mol. The van der Waals surface area contributed by atoms with Crippen LogP contribution in [0.3, 0.4) is 0 Å². The molecule has 2 aromatic heterocycles. The fraction of sp³-hybridized carbons (Fsp3) is 0.333. The lowest BCUT2D eigenvalue weighted by atomic mass is 10.3. The van der Waals surface area contributed by atoms with Crippen molar-refractivity contribution < 1.29 is 4.42 Å². The Labute approximate surface area is 136 Å². The lowest BCUT2D eigenvalue weighted by Gasteiger charge is -2.10. The summed E-state index contributed by atoms with van der Waals surface area (Å²) in [6.07, 6.45) is 0.817. The number of furan rings is 1. The number of halogens is 3. The summed E-state index contributed by atoms with van der Waals surface area (Å²) < 4.78 is 7.96. The summed E-state index contributed by atoms with van der Waals surface area (Å²) in [6, 6.07) is 1.85. The molecule has 0 unspecified atom stereocenters. The highest BCUT2D eigenvalue weighted by Crippen LogP contribution is 2.33. The van der Waals surface area contributed by atoms with E-state index >= 15 is 0 Å². The Morgan fingerprint density at radius 2 is 1.95 bits per heavy atom. The van der Waals surface area contributed by atoms with Crippen molar-refractivity contribution in [1.82, 2.24) is 9.97 Å². The largest absolute Gasteiger partial charge is 0.445 e. The lowest BCUT2D eigenvalue weighted by Crippen LogP contribution is -2.05. The van der Waals surface area contributed by atoms with Gasteiger partial charge >= 0.3 is 0 Å². The van der Waals surface area contributed by atoms with Gasteiger partial charge in [-0.2, -0.15) is 0 Å². The fourth-order valence-electron chi connectivity index (χ4n) is 1.58. The number of nitrogens with one attached hydrogen (secondary N) is 1. The molecule has 0 fully saturated rings. The van der Waals surface area contributed by atoms with E-state index < -0.39 is 0 Å². The minimum atomic E-state index is 0.572. The van der Waals surface area contributed by atoms with Crippen molar-refractivity contribution >= 4 is 53.6 Å². The standard InChI is InChI=1S/C12H12Br3N3O/c1-3-7-9(14)12(16-4-2)18-11(17-7)8-5-6(13)10(15)19-8/h5H,3-4H2,1-2H3,(H,16,17,18). The molecule has 19 heavy (non-hydrogen) atoms. The summed E-state index contributed by atoms with van der Waals surface area (Å²) in [4.78, 5) is 9.02. The summed E-state index contributed by atoms with van der Waals surface area (Å²) >= 11 is 10.2. The number of rotatable bonds is 4. The van der Waals surface area contributed by atoms with Gasteiger partial charge < -0.3 is 9.73 Å². The third-order valence-electron chi connectivity index (χ3n) is 2.46. The van der Waals surface area contributed by atoms with Gasteiger partial charge in [-0.05, 0) is 61.1 Å². The van der Waals surface area contributed by atoms with Crippen LogP contribution in [0.15, 0.2) is 24.1 Å². The van der Waals surface area contributed by atoms with E-state index in [9.17, 15) is 0 Å². The molecular formula is C12H12Br3N3O. The van der Waals surface area contributed by atoms with Crippen LogP contribution >= 0.6 is 47.8 Å². The van der Waals surface area contributed by atoms with Crippen LogP contribution in [0, 0.1) is 0 Å². The molecule has 7 heteroatoms. The number of aromatic nitrogens is 2. The van der Waals surface area contributed by atoms with E-state index in [1.165, 1.54) is 0 Å². The van der Waals surface area contributed by atoms with Gasteiger partial charge in [-0.3, -0.25) is 0 Å². The first-order valence-electron chi connectivity index (χ1n) is 5.82. The van der Waals surface area contributed by atoms with Gasteiger partial charge in [0.2, 0.25) is 0 Å². The maximum atomic E-state index is 5.57. The summed E-state index contributed by atoms with van der Waals surface area (Å²) in [5.41, 5.74) is 0.949. The molecule has 0 radical (unpaired) electrons. The molecule has 4 nitrogen and oxygen atoms in total. The molecule has 2 heterocycles. The normalized spacial score (nSPS) is 10.8. The van der Waals surface area contributed by atoms with Crippen molar-refractivity contribution in [1.29, 1.82) is 0 Å². The summed E-state index contributed by atoms with van der Waals surface area (Å²) in [6.45, 7) is 4.88. The quantitative estimate of drug-likeness (QED) is 0.706. The second-order valence-electron chi connectivity index (χ2n) is 3.77. The Morgan fingerprint density at radius 3 is 2.47 bits per heavy atom. The van der Waals surface area contributed by atoms with Crippen molar-refractivity contribution in [3.63, 3.8) is 0 Å². The van der Waals surface area contributed by atoms with Crippen molar-refractivity contribution in [3.8, 4) is 11.6 Å². The Kier molecular flexibility index (Phi) is 5.03. The molecule has 0 amide bonds. The van der Waals surface area contributed by atoms with Crippen LogP contribution in [0.2, 0.25) is 0 Å². The van der Waals surface area contributed by atoms with Gasteiger partial charge in [0.25, 0.3) is 0 Å². The molecule has 0 spiro atoms. The minimum absolute atomic E-state index is 0.572. The lowest BCUT2D eigenvalue weighted by molar-refractivity contribution is 0.549. The van der Waals surface area contributed by atoms with E-state index in [1.807, 2.05) is 13.0 Å². The van der Waals surface area contributed by atoms with Crippen molar-refractivity contribution in [2.75, 3.05) is 11.9 Å². The van der Waals surface area contributed by atoms with Gasteiger partial charge in [0.15, 0.2) is 16.3 Å². The van der Waals surface area contributed by atoms with E-state index in [0.29, 0.717) is 16.3 Å². The SMILES string of the molecule is CCNc1nc(-c2cc(Br)c(Br)o2)nc(CC)c1Br. The number of nitrogens with zero attached hydrogens (tertiary/aromatic N) is 2. The summed E-state index contributed by atoms with van der Waals surface area (Å²) in [5.74, 6) is 1.98. The molecule has 0 saturated heterocycles. The van der Waals surface area contributed by atoms with E-state index in [4.69, 9.17) is 4.42 Å². The monoisotopic (exact) mass is 451 g/mol. The highest BCUT2D eigenvalue weighted by Gasteiger charge is 2.16. The first kappa shape index (κ1) is 15.0. The summed E-state index contributed by atoms with van der Waals surface area (Å²) in [5, 5.41) is 3.22. The zero-order valence-electron chi connectivity index (χ0n) is 10.4. The molecule has 2 rings (SSSR count). The average Bonchev–Trinajstić information content (AvgIpc) is 2.72. The molecule has 2 aromatic rings. The molecule has 0 aliphatic carbocycles. The van der Waals surface area contributed by atoms with Crippen molar-refractivity contribution in [2.24, 2.45) is 0 Å². The number of anilines is 1. The van der Waals surface area contributed by atoms with Crippen LogP contribution in [-0.4, -0.2) is 16.5 Å². The van der Waals surface area contributed by atoms with Crippen LogP contribution in [0.1, 0.15) is 19.5 Å². The zero-order valence-corrected chi connectivity index (χ0v) is 15.2. The first-order valence-corrected chi connectivity index (χ1v) is 8.20. The van der Waals surface area contributed by atoms with Crippen molar-refractivity contribution in [2.45, 2.75) is 20.3 Å². The molecule has 0 aliphatic rings. The number of aryl methyl sites for hydroxylation is 1. The molecule has 1 N–H and O–H groups in total. The van der Waals surface area contributed by atoms with Crippen LogP contribution < -0.4 is 5.32 Å². The second-order valence-corrected chi connectivity index (χ2v) is 6.14. The molecule has 0 aromatic carbocycles. The van der Waals surface area contributed by atoms with E-state index in [0.717, 1.165) is 33.4 Å². The average molecular weight is 454 g/mol. The highest BCUT2D eigenvalue weighted by molar-refractivity contribution is 9.13. The maximum Gasteiger partial charge on any atom is 0.198 e. The second kappa shape index (κ2) is 6.37.